The SMILES string of the molecule is CNC1CCC(NS(=O)(=O)c2ccc(-c3ccccc3)cc2)CC1. The molecule has 0 atom stereocenters. The van der Waals surface area contributed by atoms with Gasteiger partial charge in [-0.25, -0.2) is 13.1 Å². The molecule has 0 amide bonds. The first-order valence-electron chi connectivity index (χ1n) is 8.43. The van der Waals surface area contributed by atoms with Gasteiger partial charge in [0.2, 0.25) is 10.0 Å². The van der Waals surface area contributed by atoms with Gasteiger partial charge in [-0.3, -0.25) is 0 Å². The molecule has 2 N–H and O–H groups in total. The van der Waals surface area contributed by atoms with E-state index in [9.17, 15) is 8.42 Å². The smallest absolute Gasteiger partial charge is 0.240 e. The highest BCUT2D eigenvalue weighted by molar-refractivity contribution is 7.89. The molecule has 1 aliphatic carbocycles. The molecule has 1 saturated carbocycles. The molecule has 0 bridgehead atoms. The van der Waals surface area contributed by atoms with E-state index in [-0.39, 0.29) is 6.04 Å². The van der Waals surface area contributed by atoms with Gasteiger partial charge < -0.3 is 5.32 Å². The molecule has 128 valence electrons. The van der Waals surface area contributed by atoms with Crippen LogP contribution in [0.1, 0.15) is 25.7 Å². The molecule has 24 heavy (non-hydrogen) atoms. The molecule has 0 aromatic heterocycles. The van der Waals surface area contributed by atoms with Crippen molar-refractivity contribution in [2.75, 3.05) is 7.05 Å². The maximum absolute atomic E-state index is 12.6. The van der Waals surface area contributed by atoms with E-state index < -0.39 is 10.0 Å². The van der Waals surface area contributed by atoms with Gasteiger partial charge in [0.15, 0.2) is 0 Å². The number of rotatable bonds is 5. The summed E-state index contributed by atoms with van der Waals surface area (Å²) in [5, 5.41) is 3.26. The Hall–Kier alpha value is -1.69. The second-order valence-electron chi connectivity index (χ2n) is 6.35. The summed E-state index contributed by atoms with van der Waals surface area (Å²) in [6, 6.07) is 17.6. The van der Waals surface area contributed by atoms with Gasteiger partial charge >= 0.3 is 0 Å². The van der Waals surface area contributed by atoms with Crippen LogP contribution in [0.15, 0.2) is 59.5 Å². The fourth-order valence-corrected chi connectivity index (χ4v) is 4.55. The molecule has 0 saturated heterocycles. The van der Waals surface area contributed by atoms with Gasteiger partial charge in [-0.15, -0.1) is 0 Å². The molecule has 2 aromatic carbocycles. The summed E-state index contributed by atoms with van der Waals surface area (Å²) in [7, 11) is -1.49. The first-order chi connectivity index (χ1) is 11.6. The molecule has 0 radical (unpaired) electrons. The van der Waals surface area contributed by atoms with Gasteiger partial charge in [0.1, 0.15) is 0 Å². The largest absolute Gasteiger partial charge is 0.317 e. The normalized spacial score (nSPS) is 21.5. The zero-order chi connectivity index (χ0) is 17.0. The molecule has 5 heteroatoms. The quantitative estimate of drug-likeness (QED) is 0.876. The number of hydrogen-bond acceptors (Lipinski definition) is 3. The highest BCUT2D eigenvalue weighted by Crippen LogP contribution is 2.23. The van der Waals surface area contributed by atoms with E-state index in [1.165, 1.54) is 0 Å². The third-order valence-electron chi connectivity index (χ3n) is 4.73. The van der Waals surface area contributed by atoms with E-state index in [0.717, 1.165) is 36.8 Å². The first kappa shape index (κ1) is 17.1. The Bertz CT molecular complexity index is 750. The van der Waals surface area contributed by atoms with Gasteiger partial charge in [0.05, 0.1) is 4.90 Å². The molecule has 1 fully saturated rings. The Kier molecular flexibility index (Phi) is 5.33. The average molecular weight is 344 g/mol. The fourth-order valence-electron chi connectivity index (χ4n) is 3.24. The van der Waals surface area contributed by atoms with Crippen LogP contribution in [0.25, 0.3) is 11.1 Å². The van der Waals surface area contributed by atoms with Crippen LogP contribution in [-0.2, 0) is 10.0 Å². The highest BCUT2D eigenvalue weighted by atomic mass is 32.2. The summed E-state index contributed by atoms with van der Waals surface area (Å²) in [5.41, 5.74) is 2.10. The predicted molar refractivity (Wildman–Crippen MR) is 97.3 cm³/mol. The van der Waals surface area contributed by atoms with Crippen LogP contribution < -0.4 is 10.0 Å². The van der Waals surface area contributed by atoms with Gasteiger partial charge in [-0.1, -0.05) is 42.5 Å². The molecule has 1 aliphatic rings. The van der Waals surface area contributed by atoms with E-state index in [0.29, 0.717) is 10.9 Å². The zero-order valence-electron chi connectivity index (χ0n) is 13.9. The van der Waals surface area contributed by atoms with Crippen molar-refractivity contribution < 1.29 is 8.42 Å². The lowest BCUT2D eigenvalue weighted by Gasteiger charge is -2.28. The van der Waals surface area contributed by atoms with Gasteiger partial charge in [0.25, 0.3) is 0 Å². The van der Waals surface area contributed by atoms with Gasteiger partial charge in [0, 0.05) is 12.1 Å². The Balaban J connectivity index is 1.69. The topological polar surface area (TPSA) is 58.2 Å². The molecular formula is C19H24N2O2S. The average Bonchev–Trinajstić information content (AvgIpc) is 2.63. The van der Waals surface area contributed by atoms with E-state index in [4.69, 9.17) is 0 Å². The molecule has 4 nitrogen and oxygen atoms in total. The summed E-state index contributed by atoms with van der Waals surface area (Å²) in [6.07, 6.45) is 3.78. The molecule has 2 aromatic rings. The highest BCUT2D eigenvalue weighted by Gasteiger charge is 2.25. The van der Waals surface area contributed by atoms with Crippen LogP contribution in [-0.4, -0.2) is 27.5 Å². The second-order valence-corrected chi connectivity index (χ2v) is 8.06. The van der Waals surface area contributed by atoms with Crippen molar-refractivity contribution in [3.63, 3.8) is 0 Å². The minimum Gasteiger partial charge on any atom is -0.317 e. The Morgan fingerprint density at radius 1 is 0.792 bits per heavy atom. The minimum atomic E-state index is -3.45. The lowest BCUT2D eigenvalue weighted by molar-refractivity contribution is 0.343. The maximum atomic E-state index is 12.6. The third kappa shape index (κ3) is 4.04. The standard InChI is InChI=1S/C19H24N2O2S/c1-20-17-9-11-18(12-10-17)21-24(22,23)19-13-7-16(8-14-19)15-5-3-2-4-6-15/h2-8,13-14,17-18,20-21H,9-12H2,1H3. The van der Waals surface area contributed by atoms with Crippen molar-refractivity contribution in [1.82, 2.24) is 10.0 Å². The van der Waals surface area contributed by atoms with Gasteiger partial charge in [-0.2, -0.15) is 0 Å². The minimum absolute atomic E-state index is 0.0356. The van der Waals surface area contributed by atoms with E-state index in [1.807, 2.05) is 49.5 Å². The lowest BCUT2D eigenvalue weighted by atomic mass is 9.92. The van der Waals surface area contributed by atoms with Crippen molar-refractivity contribution >= 4 is 10.0 Å². The lowest BCUT2D eigenvalue weighted by Crippen LogP contribution is -2.41. The number of benzene rings is 2. The van der Waals surface area contributed by atoms with Crippen LogP contribution >= 0.6 is 0 Å². The summed E-state index contributed by atoms with van der Waals surface area (Å²) < 4.78 is 28.0. The number of nitrogens with one attached hydrogen (secondary N) is 2. The molecule has 0 spiro atoms. The number of hydrogen-bond donors (Lipinski definition) is 2. The Morgan fingerprint density at radius 3 is 1.92 bits per heavy atom. The fraction of sp³-hybridized carbons (Fsp3) is 0.368. The summed E-state index contributed by atoms with van der Waals surface area (Å²) in [6.45, 7) is 0. The van der Waals surface area contributed by atoms with Crippen molar-refractivity contribution in [3.8, 4) is 11.1 Å². The molecule has 0 aliphatic heterocycles. The van der Waals surface area contributed by atoms with Crippen molar-refractivity contribution in [2.24, 2.45) is 0 Å². The van der Waals surface area contributed by atoms with Crippen LogP contribution in [0.2, 0.25) is 0 Å². The zero-order valence-corrected chi connectivity index (χ0v) is 14.7. The van der Waals surface area contributed by atoms with E-state index in [2.05, 4.69) is 10.0 Å². The van der Waals surface area contributed by atoms with Crippen molar-refractivity contribution in [1.29, 1.82) is 0 Å². The van der Waals surface area contributed by atoms with Crippen LogP contribution in [0.4, 0.5) is 0 Å². The predicted octanol–water partition coefficient (Wildman–Crippen LogP) is 3.16. The molecule has 0 unspecified atom stereocenters. The molecule has 3 rings (SSSR count). The van der Waals surface area contributed by atoms with Gasteiger partial charge in [-0.05, 0) is 56.0 Å². The monoisotopic (exact) mass is 344 g/mol. The van der Waals surface area contributed by atoms with E-state index >= 15 is 0 Å². The van der Waals surface area contributed by atoms with Crippen molar-refractivity contribution in [3.05, 3.63) is 54.6 Å². The second kappa shape index (κ2) is 7.47. The maximum Gasteiger partial charge on any atom is 0.240 e. The molecule has 0 heterocycles. The van der Waals surface area contributed by atoms with Crippen LogP contribution in [0, 0.1) is 0 Å². The first-order valence-corrected chi connectivity index (χ1v) is 9.92. The third-order valence-corrected chi connectivity index (χ3v) is 6.27. The number of sulfonamides is 1. The van der Waals surface area contributed by atoms with Crippen LogP contribution in [0.3, 0.4) is 0 Å². The molecular weight excluding hydrogens is 320 g/mol. The summed E-state index contributed by atoms with van der Waals surface area (Å²) in [4.78, 5) is 0.331. The summed E-state index contributed by atoms with van der Waals surface area (Å²) in [5.74, 6) is 0. The van der Waals surface area contributed by atoms with E-state index in [1.54, 1.807) is 12.1 Å². The Morgan fingerprint density at radius 2 is 1.33 bits per heavy atom. The summed E-state index contributed by atoms with van der Waals surface area (Å²) >= 11 is 0. The Labute approximate surface area is 144 Å². The van der Waals surface area contributed by atoms with Crippen LogP contribution in [0.5, 0.6) is 0 Å². The van der Waals surface area contributed by atoms with Crippen molar-refractivity contribution in [2.45, 2.75) is 42.7 Å².